The standard InChI is InChI=1S/C28H32FN3O3S/c1-18(2)14-15-32-27(35)23-13-10-20(26(34)30-22-6-4-3-5-7-22)16-24(23)31-28(32)36-17-25(33)19-8-11-21(29)12-9-19/h8-13,16,18,22H,3-7,14-15,17H2,1-2H3,(H,30,34). The van der Waals surface area contributed by atoms with Crippen LogP contribution in [0.5, 0.6) is 0 Å². The number of halogens is 1. The number of hydrogen-bond donors (Lipinski definition) is 1. The number of aromatic nitrogens is 2. The predicted octanol–water partition coefficient (Wildman–Crippen LogP) is 5.62. The minimum atomic E-state index is -0.402. The van der Waals surface area contributed by atoms with Gasteiger partial charge in [0.05, 0.1) is 16.7 Å². The molecular formula is C28H32FN3O3S. The maximum atomic E-state index is 13.4. The molecule has 6 nitrogen and oxygen atoms in total. The van der Waals surface area contributed by atoms with E-state index < -0.39 is 5.82 Å². The van der Waals surface area contributed by atoms with Crippen LogP contribution >= 0.6 is 11.8 Å². The van der Waals surface area contributed by atoms with E-state index in [9.17, 15) is 18.8 Å². The van der Waals surface area contributed by atoms with Crippen molar-refractivity contribution in [2.75, 3.05) is 5.75 Å². The van der Waals surface area contributed by atoms with E-state index in [0.29, 0.717) is 39.6 Å². The van der Waals surface area contributed by atoms with Crippen LogP contribution in [0.4, 0.5) is 4.39 Å². The zero-order valence-electron chi connectivity index (χ0n) is 20.8. The van der Waals surface area contributed by atoms with Gasteiger partial charge in [0.2, 0.25) is 0 Å². The molecule has 1 heterocycles. The quantitative estimate of drug-likeness (QED) is 0.230. The van der Waals surface area contributed by atoms with E-state index in [0.717, 1.165) is 32.1 Å². The molecule has 0 aliphatic heterocycles. The summed E-state index contributed by atoms with van der Waals surface area (Å²) in [6, 6.07) is 10.6. The van der Waals surface area contributed by atoms with Crippen molar-refractivity contribution in [2.24, 2.45) is 5.92 Å². The Bertz CT molecular complexity index is 1300. The highest BCUT2D eigenvalue weighted by Crippen LogP contribution is 2.22. The summed E-state index contributed by atoms with van der Waals surface area (Å²) in [4.78, 5) is 43.7. The Morgan fingerprint density at radius 3 is 2.47 bits per heavy atom. The van der Waals surface area contributed by atoms with Crippen molar-refractivity contribution in [1.82, 2.24) is 14.9 Å². The van der Waals surface area contributed by atoms with Crippen molar-refractivity contribution in [1.29, 1.82) is 0 Å². The van der Waals surface area contributed by atoms with E-state index in [1.54, 1.807) is 22.8 Å². The Balaban J connectivity index is 1.61. The van der Waals surface area contributed by atoms with E-state index >= 15 is 0 Å². The third-order valence-electron chi connectivity index (χ3n) is 6.55. The van der Waals surface area contributed by atoms with Crippen molar-refractivity contribution < 1.29 is 14.0 Å². The van der Waals surface area contributed by atoms with Crippen LogP contribution < -0.4 is 10.9 Å². The monoisotopic (exact) mass is 509 g/mol. The smallest absolute Gasteiger partial charge is 0.262 e. The van der Waals surface area contributed by atoms with Crippen LogP contribution in [-0.4, -0.2) is 33.0 Å². The second-order valence-corrected chi connectivity index (χ2v) is 10.7. The van der Waals surface area contributed by atoms with Crippen LogP contribution in [0.1, 0.15) is 73.1 Å². The SMILES string of the molecule is CC(C)CCn1c(SCC(=O)c2ccc(F)cc2)nc2cc(C(=O)NC3CCCCC3)ccc2c1=O. The highest BCUT2D eigenvalue weighted by Gasteiger charge is 2.19. The number of nitrogens with zero attached hydrogens (tertiary/aromatic N) is 2. The molecule has 1 aliphatic carbocycles. The van der Waals surface area contributed by atoms with Crippen molar-refractivity contribution >= 4 is 34.4 Å². The number of fused-ring (bicyclic) bond motifs is 1. The van der Waals surface area contributed by atoms with Gasteiger partial charge in [-0.15, -0.1) is 0 Å². The van der Waals surface area contributed by atoms with Crippen LogP contribution in [0.25, 0.3) is 10.9 Å². The number of carbonyl (C=O) groups is 2. The number of thioether (sulfide) groups is 1. The normalized spacial score (nSPS) is 14.3. The van der Waals surface area contributed by atoms with E-state index in [1.807, 2.05) is 0 Å². The highest BCUT2D eigenvalue weighted by atomic mass is 32.2. The lowest BCUT2D eigenvalue weighted by atomic mass is 9.95. The topological polar surface area (TPSA) is 81.1 Å². The van der Waals surface area contributed by atoms with Crippen LogP contribution in [0.2, 0.25) is 0 Å². The molecule has 1 amide bonds. The molecule has 0 atom stereocenters. The fourth-order valence-electron chi connectivity index (χ4n) is 4.40. The average Bonchev–Trinajstić information content (AvgIpc) is 2.87. The first-order chi connectivity index (χ1) is 17.3. The lowest BCUT2D eigenvalue weighted by Crippen LogP contribution is -2.36. The summed E-state index contributed by atoms with van der Waals surface area (Å²) in [5.41, 5.74) is 1.13. The Kier molecular flexibility index (Phi) is 8.56. The van der Waals surface area contributed by atoms with Gasteiger partial charge in [0.1, 0.15) is 5.82 Å². The third kappa shape index (κ3) is 6.40. The number of rotatable bonds is 9. The maximum Gasteiger partial charge on any atom is 0.262 e. The van der Waals surface area contributed by atoms with Gasteiger partial charge in [-0.05, 0) is 67.6 Å². The molecule has 0 saturated heterocycles. The molecule has 1 N–H and O–H groups in total. The first kappa shape index (κ1) is 26.1. The lowest BCUT2D eigenvalue weighted by Gasteiger charge is -2.22. The van der Waals surface area contributed by atoms with Gasteiger partial charge in [0.25, 0.3) is 11.5 Å². The van der Waals surface area contributed by atoms with Gasteiger partial charge in [0, 0.05) is 23.7 Å². The molecule has 0 bridgehead atoms. The van der Waals surface area contributed by atoms with Crippen molar-refractivity contribution in [3.05, 3.63) is 69.8 Å². The summed E-state index contributed by atoms with van der Waals surface area (Å²) in [7, 11) is 0. The zero-order valence-corrected chi connectivity index (χ0v) is 21.6. The van der Waals surface area contributed by atoms with Gasteiger partial charge in [-0.2, -0.15) is 0 Å². The van der Waals surface area contributed by atoms with Crippen molar-refractivity contribution in [2.45, 2.75) is 70.1 Å². The van der Waals surface area contributed by atoms with Gasteiger partial charge in [-0.1, -0.05) is 44.9 Å². The van der Waals surface area contributed by atoms with Crippen molar-refractivity contribution in [3.63, 3.8) is 0 Å². The zero-order chi connectivity index (χ0) is 25.7. The number of Topliss-reactive ketones (excluding diaryl/α,β-unsaturated/α-hetero) is 1. The summed E-state index contributed by atoms with van der Waals surface area (Å²) < 4.78 is 14.8. The van der Waals surface area contributed by atoms with Crippen LogP contribution in [0.3, 0.4) is 0 Å². The first-order valence-corrected chi connectivity index (χ1v) is 13.6. The molecule has 36 heavy (non-hydrogen) atoms. The Morgan fingerprint density at radius 2 is 1.78 bits per heavy atom. The van der Waals surface area contributed by atoms with Crippen LogP contribution in [-0.2, 0) is 6.54 Å². The highest BCUT2D eigenvalue weighted by molar-refractivity contribution is 7.99. The van der Waals surface area contributed by atoms with Crippen LogP contribution in [0.15, 0.2) is 52.4 Å². The van der Waals surface area contributed by atoms with Gasteiger partial charge in [0.15, 0.2) is 10.9 Å². The fourth-order valence-corrected chi connectivity index (χ4v) is 5.32. The minimum absolute atomic E-state index is 0.0626. The number of nitrogens with one attached hydrogen (secondary N) is 1. The summed E-state index contributed by atoms with van der Waals surface area (Å²) in [5, 5.41) is 3.99. The minimum Gasteiger partial charge on any atom is -0.349 e. The maximum absolute atomic E-state index is 13.4. The summed E-state index contributed by atoms with van der Waals surface area (Å²) in [6.07, 6.45) is 6.21. The molecule has 0 unspecified atom stereocenters. The summed E-state index contributed by atoms with van der Waals surface area (Å²) in [5.74, 6) is -0.285. The van der Waals surface area contributed by atoms with E-state index in [-0.39, 0.29) is 29.0 Å². The van der Waals surface area contributed by atoms with Gasteiger partial charge in [-0.25, -0.2) is 9.37 Å². The number of amides is 1. The fraction of sp³-hybridized carbons (Fsp3) is 0.429. The Hall–Kier alpha value is -3.00. The second-order valence-electron chi connectivity index (χ2n) is 9.79. The number of carbonyl (C=O) groups excluding carboxylic acids is 2. The lowest BCUT2D eigenvalue weighted by molar-refractivity contribution is 0.0927. The molecule has 8 heteroatoms. The third-order valence-corrected chi connectivity index (χ3v) is 7.53. The number of benzene rings is 2. The summed E-state index contributed by atoms with van der Waals surface area (Å²) >= 11 is 1.19. The molecule has 190 valence electrons. The van der Waals surface area contributed by atoms with E-state index in [2.05, 4.69) is 19.2 Å². The molecule has 1 aliphatic rings. The number of ketones is 1. The number of hydrogen-bond acceptors (Lipinski definition) is 5. The summed E-state index contributed by atoms with van der Waals surface area (Å²) in [6.45, 7) is 4.65. The first-order valence-electron chi connectivity index (χ1n) is 12.6. The molecule has 4 rings (SSSR count). The van der Waals surface area contributed by atoms with Gasteiger partial charge < -0.3 is 5.32 Å². The second kappa shape index (κ2) is 11.8. The molecular weight excluding hydrogens is 477 g/mol. The van der Waals surface area contributed by atoms with Crippen molar-refractivity contribution in [3.8, 4) is 0 Å². The van der Waals surface area contributed by atoms with Gasteiger partial charge >= 0.3 is 0 Å². The largest absolute Gasteiger partial charge is 0.349 e. The Labute approximate surface area is 214 Å². The van der Waals surface area contributed by atoms with E-state index in [4.69, 9.17) is 4.98 Å². The molecule has 0 spiro atoms. The van der Waals surface area contributed by atoms with E-state index in [1.165, 1.54) is 42.4 Å². The molecule has 1 fully saturated rings. The molecule has 2 aromatic carbocycles. The molecule has 3 aromatic rings. The van der Waals surface area contributed by atoms with Crippen LogP contribution in [0, 0.1) is 11.7 Å². The predicted molar refractivity (Wildman–Crippen MR) is 141 cm³/mol. The Morgan fingerprint density at radius 1 is 1.08 bits per heavy atom. The molecule has 0 radical (unpaired) electrons. The van der Waals surface area contributed by atoms with Gasteiger partial charge in [-0.3, -0.25) is 19.0 Å². The average molecular weight is 510 g/mol. The molecule has 1 aromatic heterocycles. The molecule has 1 saturated carbocycles.